The summed E-state index contributed by atoms with van der Waals surface area (Å²) in [4.78, 5) is 12.0. The molecule has 0 radical (unpaired) electrons. The zero-order chi connectivity index (χ0) is 12.8. The monoisotopic (exact) mass is 296 g/mol. The van der Waals surface area contributed by atoms with Gasteiger partial charge in [0.15, 0.2) is 0 Å². The topological polar surface area (TPSA) is 55.1 Å². The van der Waals surface area contributed by atoms with Crippen molar-refractivity contribution in [2.45, 2.75) is 17.6 Å². The van der Waals surface area contributed by atoms with Crippen LogP contribution in [-0.2, 0) is 4.79 Å². The van der Waals surface area contributed by atoms with Crippen molar-refractivity contribution in [2.24, 2.45) is 11.7 Å². The van der Waals surface area contributed by atoms with Crippen LogP contribution in [-0.4, -0.2) is 18.2 Å². The maximum Gasteiger partial charge on any atom is 0.288 e. The second kappa shape index (κ2) is 8.29. The number of carbonyl (C=O) groups is 1. The quantitative estimate of drug-likeness (QED) is 0.821. The summed E-state index contributed by atoms with van der Waals surface area (Å²) in [5.41, 5.74) is 5.94. The Morgan fingerprint density at radius 3 is 2.39 bits per heavy atom. The second-order valence-electron chi connectivity index (χ2n) is 3.53. The van der Waals surface area contributed by atoms with Gasteiger partial charge in [-0.2, -0.15) is 8.78 Å². The van der Waals surface area contributed by atoms with Crippen LogP contribution in [0.2, 0.25) is 0 Å². The van der Waals surface area contributed by atoms with Crippen LogP contribution in [0.1, 0.15) is 6.92 Å². The summed E-state index contributed by atoms with van der Waals surface area (Å²) >= 11 is 0.471. The number of hydrogen-bond donors (Lipinski definition) is 2. The largest absolute Gasteiger partial charge is 0.330 e. The van der Waals surface area contributed by atoms with Crippen molar-refractivity contribution < 1.29 is 13.6 Å². The number of nitrogens with two attached hydrogens (primary N) is 1. The van der Waals surface area contributed by atoms with Crippen LogP contribution in [0, 0.1) is 5.92 Å². The minimum absolute atomic E-state index is 0. The van der Waals surface area contributed by atoms with Crippen molar-refractivity contribution in [3.8, 4) is 0 Å². The summed E-state index contributed by atoms with van der Waals surface area (Å²) in [6, 6.07) is 6.26. The molecule has 3 N–H and O–H groups in total. The Bertz CT molecular complexity index is 376. The number of anilines is 1. The Labute approximate surface area is 115 Å². The fraction of sp³-hybridized carbons (Fsp3) is 0.364. The van der Waals surface area contributed by atoms with Crippen LogP contribution in [0.4, 0.5) is 14.5 Å². The van der Waals surface area contributed by atoms with Crippen LogP contribution in [0.25, 0.3) is 0 Å². The number of rotatable bonds is 5. The molecule has 7 heteroatoms. The standard InChI is InChI=1S/C11H14F2N2OS.ClH/c1-7(6-14)10(16)15-8-2-4-9(5-3-8)17-11(12)13;/h2-5,7,11H,6,14H2,1H3,(H,15,16);1H. The average Bonchev–Trinajstić information content (AvgIpc) is 2.30. The molecule has 0 saturated heterocycles. The maximum absolute atomic E-state index is 12.1. The zero-order valence-corrected chi connectivity index (χ0v) is 11.4. The van der Waals surface area contributed by atoms with Gasteiger partial charge in [0.05, 0.1) is 0 Å². The van der Waals surface area contributed by atoms with E-state index in [-0.39, 0.29) is 30.8 Å². The van der Waals surface area contributed by atoms with Gasteiger partial charge in [-0.05, 0) is 24.3 Å². The van der Waals surface area contributed by atoms with Gasteiger partial charge in [0.2, 0.25) is 5.91 Å². The first-order chi connectivity index (χ1) is 8.02. The van der Waals surface area contributed by atoms with Crippen molar-refractivity contribution in [2.75, 3.05) is 11.9 Å². The lowest BCUT2D eigenvalue weighted by atomic mass is 10.1. The van der Waals surface area contributed by atoms with Crippen LogP contribution in [0.3, 0.4) is 0 Å². The van der Waals surface area contributed by atoms with Gasteiger partial charge in [0.25, 0.3) is 5.76 Å². The molecule has 3 nitrogen and oxygen atoms in total. The molecule has 0 aliphatic carbocycles. The number of halogens is 3. The Hall–Kier alpha value is -0.850. The summed E-state index contributed by atoms with van der Waals surface area (Å²) in [7, 11) is 0. The first kappa shape index (κ1) is 17.2. The van der Waals surface area contributed by atoms with E-state index in [1.165, 1.54) is 0 Å². The molecule has 0 bridgehead atoms. The smallest absolute Gasteiger partial charge is 0.288 e. The second-order valence-corrected chi connectivity index (χ2v) is 4.59. The number of hydrogen-bond acceptors (Lipinski definition) is 3. The van der Waals surface area contributed by atoms with Gasteiger partial charge >= 0.3 is 0 Å². The fourth-order valence-corrected chi connectivity index (χ4v) is 1.59. The predicted octanol–water partition coefficient (Wildman–Crippen LogP) is 2.96. The normalized spacial score (nSPS) is 11.8. The van der Waals surface area contributed by atoms with Crippen molar-refractivity contribution in [1.29, 1.82) is 0 Å². The minimum atomic E-state index is -2.44. The SMILES string of the molecule is CC(CN)C(=O)Nc1ccc(SC(F)F)cc1.Cl. The van der Waals surface area contributed by atoms with E-state index in [0.29, 0.717) is 22.3 Å². The molecule has 18 heavy (non-hydrogen) atoms. The van der Waals surface area contributed by atoms with Crippen LogP contribution in [0.5, 0.6) is 0 Å². The average molecular weight is 297 g/mol. The first-order valence-corrected chi connectivity index (χ1v) is 5.96. The van der Waals surface area contributed by atoms with E-state index in [1.54, 1.807) is 31.2 Å². The highest BCUT2D eigenvalue weighted by molar-refractivity contribution is 7.99. The van der Waals surface area contributed by atoms with Gasteiger partial charge in [-0.3, -0.25) is 4.79 Å². The lowest BCUT2D eigenvalue weighted by Crippen LogP contribution is -2.26. The molecule has 1 atom stereocenters. The molecule has 0 aromatic heterocycles. The van der Waals surface area contributed by atoms with E-state index in [9.17, 15) is 13.6 Å². The van der Waals surface area contributed by atoms with Crippen LogP contribution >= 0.6 is 24.2 Å². The van der Waals surface area contributed by atoms with Gasteiger partial charge in [-0.25, -0.2) is 0 Å². The number of carbonyl (C=O) groups excluding carboxylic acids is 1. The number of benzene rings is 1. The molecule has 0 heterocycles. The molecule has 1 aromatic rings. The van der Waals surface area contributed by atoms with Crippen LogP contribution in [0.15, 0.2) is 29.2 Å². The molecule has 1 aromatic carbocycles. The highest BCUT2D eigenvalue weighted by Gasteiger charge is 2.11. The predicted molar refractivity (Wildman–Crippen MR) is 72.4 cm³/mol. The summed E-state index contributed by atoms with van der Waals surface area (Å²) < 4.78 is 24.1. The van der Waals surface area contributed by atoms with E-state index in [4.69, 9.17) is 5.73 Å². The molecule has 0 aliphatic heterocycles. The van der Waals surface area contributed by atoms with Crippen molar-refractivity contribution in [1.82, 2.24) is 0 Å². The lowest BCUT2D eigenvalue weighted by Gasteiger charge is -2.10. The van der Waals surface area contributed by atoms with Gasteiger partial charge in [-0.15, -0.1) is 12.4 Å². The van der Waals surface area contributed by atoms with E-state index < -0.39 is 5.76 Å². The molecular formula is C11H15ClF2N2OS. The molecule has 0 fully saturated rings. The van der Waals surface area contributed by atoms with Gasteiger partial charge in [0, 0.05) is 23.0 Å². The molecule has 1 rings (SSSR count). The van der Waals surface area contributed by atoms with Crippen molar-refractivity contribution in [3.63, 3.8) is 0 Å². The highest BCUT2D eigenvalue weighted by Crippen LogP contribution is 2.26. The number of nitrogens with one attached hydrogen (secondary N) is 1. The minimum Gasteiger partial charge on any atom is -0.330 e. The van der Waals surface area contributed by atoms with Crippen molar-refractivity contribution >= 4 is 35.8 Å². The summed E-state index contributed by atoms with van der Waals surface area (Å²) in [5, 5.41) is 2.66. The van der Waals surface area contributed by atoms with Gasteiger partial charge in [0.1, 0.15) is 0 Å². The molecule has 102 valence electrons. The summed E-state index contributed by atoms with van der Waals surface area (Å²) in [5.74, 6) is -2.89. The molecule has 0 saturated carbocycles. The third-order valence-electron chi connectivity index (χ3n) is 2.15. The van der Waals surface area contributed by atoms with E-state index in [0.717, 1.165) is 0 Å². The van der Waals surface area contributed by atoms with Gasteiger partial charge < -0.3 is 11.1 Å². The number of amides is 1. The Morgan fingerprint density at radius 1 is 1.39 bits per heavy atom. The van der Waals surface area contributed by atoms with E-state index >= 15 is 0 Å². The Balaban J connectivity index is 0.00000289. The van der Waals surface area contributed by atoms with Crippen LogP contribution < -0.4 is 11.1 Å². The molecular weight excluding hydrogens is 282 g/mol. The molecule has 1 unspecified atom stereocenters. The highest BCUT2D eigenvalue weighted by atomic mass is 35.5. The first-order valence-electron chi connectivity index (χ1n) is 5.08. The maximum atomic E-state index is 12.1. The lowest BCUT2D eigenvalue weighted by molar-refractivity contribution is -0.119. The summed E-state index contributed by atoms with van der Waals surface area (Å²) in [6.45, 7) is 1.99. The van der Waals surface area contributed by atoms with Gasteiger partial charge in [-0.1, -0.05) is 18.7 Å². The third-order valence-corrected chi connectivity index (χ3v) is 2.87. The Kier molecular flexibility index (Phi) is 7.90. The third kappa shape index (κ3) is 5.66. The molecule has 0 spiro atoms. The summed E-state index contributed by atoms with van der Waals surface area (Å²) in [6.07, 6.45) is 0. The van der Waals surface area contributed by atoms with Crippen molar-refractivity contribution in [3.05, 3.63) is 24.3 Å². The van der Waals surface area contributed by atoms with E-state index in [1.807, 2.05) is 0 Å². The Morgan fingerprint density at radius 2 is 1.94 bits per heavy atom. The number of alkyl halides is 2. The molecule has 1 amide bonds. The number of thioether (sulfide) groups is 1. The fourth-order valence-electron chi connectivity index (χ4n) is 1.09. The molecule has 0 aliphatic rings. The van der Waals surface area contributed by atoms with E-state index in [2.05, 4.69) is 5.32 Å². The zero-order valence-electron chi connectivity index (χ0n) is 9.73.